The van der Waals surface area contributed by atoms with Crippen LogP contribution >= 0.6 is 0 Å². The van der Waals surface area contributed by atoms with Crippen molar-refractivity contribution in [1.29, 1.82) is 0 Å². The Labute approximate surface area is 221 Å². The van der Waals surface area contributed by atoms with Gasteiger partial charge in [-0.3, -0.25) is 14.4 Å². The fourth-order valence-electron chi connectivity index (χ4n) is 4.40. The number of H-pyrrole nitrogens is 1. The van der Waals surface area contributed by atoms with E-state index in [-0.39, 0.29) is 24.7 Å². The Hall–Kier alpha value is -4.43. The number of benzene rings is 3. The number of hydrogen-bond donors (Lipinski definition) is 3. The molecule has 0 saturated heterocycles. The van der Waals surface area contributed by atoms with Crippen molar-refractivity contribution in [2.24, 2.45) is 11.7 Å². The van der Waals surface area contributed by atoms with E-state index in [9.17, 15) is 14.4 Å². The van der Waals surface area contributed by atoms with Gasteiger partial charge >= 0.3 is 0 Å². The minimum Gasteiger partial charge on any atom is -0.496 e. The molecule has 0 spiro atoms. The average Bonchev–Trinajstić information content (AvgIpc) is 3.36. The second kappa shape index (κ2) is 12.7. The van der Waals surface area contributed by atoms with Crippen molar-refractivity contribution < 1.29 is 23.9 Å². The smallest absolute Gasteiger partial charge is 0.221 e. The predicted octanol–water partition coefficient (Wildman–Crippen LogP) is 3.83. The first-order chi connectivity index (χ1) is 18.5. The number of aldehydes is 1. The number of nitrogens with one attached hydrogen (secondary N) is 2. The molecule has 8 nitrogen and oxygen atoms in total. The van der Waals surface area contributed by atoms with Crippen LogP contribution in [0.3, 0.4) is 0 Å². The SMILES string of the molecule is COc1ccccc1CCC(=O)NC(N)C(Cc1c[nH]c2ccccc12)C(=O)COc1ccc(C=O)cc1. The van der Waals surface area contributed by atoms with E-state index < -0.39 is 12.1 Å². The monoisotopic (exact) mass is 513 g/mol. The van der Waals surface area contributed by atoms with Crippen molar-refractivity contribution in [3.63, 3.8) is 0 Å². The van der Waals surface area contributed by atoms with E-state index in [1.54, 1.807) is 31.4 Å². The van der Waals surface area contributed by atoms with Crippen LogP contribution in [-0.2, 0) is 22.4 Å². The molecule has 0 fully saturated rings. The Kier molecular flexibility index (Phi) is 8.89. The second-order valence-corrected chi connectivity index (χ2v) is 9.02. The number of ether oxygens (including phenoxy) is 2. The van der Waals surface area contributed by atoms with Crippen LogP contribution in [0, 0.1) is 5.92 Å². The number of carbonyl (C=O) groups excluding carboxylic acids is 3. The van der Waals surface area contributed by atoms with Gasteiger partial charge in [0.25, 0.3) is 0 Å². The molecule has 1 heterocycles. The molecule has 0 aliphatic carbocycles. The molecule has 196 valence electrons. The number of fused-ring (bicyclic) bond motifs is 1. The number of hydrogen-bond acceptors (Lipinski definition) is 6. The summed E-state index contributed by atoms with van der Waals surface area (Å²) in [7, 11) is 1.59. The summed E-state index contributed by atoms with van der Waals surface area (Å²) in [4.78, 5) is 40.3. The van der Waals surface area contributed by atoms with Crippen molar-refractivity contribution in [2.45, 2.75) is 25.4 Å². The molecule has 38 heavy (non-hydrogen) atoms. The third-order valence-corrected chi connectivity index (χ3v) is 6.50. The van der Waals surface area contributed by atoms with Gasteiger partial charge in [0.2, 0.25) is 5.91 Å². The Morgan fingerprint density at radius 3 is 2.50 bits per heavy atom. The molecular weight excluding hydrogens is 482 g/mol. The number of amides is 1. The molecule has 1 aromatic heterocycles. The molecule has 4 N–H and O–H groups in total. The summed E-state index contributed by atoms with van der Waals surface area (Å²) in [6, 6.07) is 21.8. The highest BCUT2D eigenvalue weighted by atomic mass is 16.5. The normalized spacial score (nSPS) is 12.5. The van der Waals surface area contributed by atoms with Gasteiger partial charge in [0.15, 0.2) is 5.78 Å². The molecule has 2 unspecified atom stereocenters. The zero-order chi connectivity index (χ0) is 26.9. The number of carbonyl (C=O) groups is 3. The molecule has 0 bridgehead atoms. The number of para-hydroxylation sites is 2. The van der Waals surface area contributed by atoms with E-state index in [1.165, 1.54) is 0 Å². The fraction of sp³-hybridized carbons (Fsp3) is 0.233. The van der Waals surface area contributed by atoms with Crippen LogP contribution in [0.1, 0.15) is 27.9 Å². The first-order valence-corrected chi connectivity index (χ1v) is 12.4. The van der Waals surface area contributed by atoms with E-state index >= 15 is 0 Å². The molecule has 0 aliphatic heterocycles. The van der Waals surface area contributed by atoms with Crippen LogP contribution in [0.4, 0.5) is 0 Å². The van der Waals surface area contributed by atoms with E-state index in [2.05, 4.69) is 10.3 Å². The third-order valence-electron chi connectivity index (χ3n) is 6.50. The lowest BCUT2D eigenvalue weighted by molar-refractivity contribution is -0.127. The number of ketones is 1. The summed E-state index contributed by atoms with van der Waals surface area (Å²) < 4.78 is 11.0. The summed E-state index contributed by atoms with van der Waals surface area (Å²) in [6.45, 7) is -0.224. The summed E-state index contributed by atoms with van der Waals surface area (Å²) in [5.74, 6) is -0.0454. The lowest BCUT2D eigenvalue weighted by Crippen LogP contribution is -2.51. The highest BCUT2D eigenvalue weighted by Crippen LogP contribution is 2.23. The van der Waals surface area contributed by atoms with E-state index in [0.29, 0.717) is 24.2 Å². The number of aromatic nitrogens is 1. The Balaban J connectivity index is 1.45. The maximum Gasteiger partial charge on any atom is 0.221 e. The quantitative estimate of drug-likeness (QED) is 0.184. The number of aromatic amines is 1. The first kappa shape index (κ1) is 26.6. The molecule has 2 atom stereocenters. The van der Waals surface area contributed by atoms with Crippen molar-refractivity contribution in [3.8, 4) is 11.5 Å². The van der Waals surface area contributed by atoms with Gasteiger partial charge in [0.05, 0.1) is 19.2 Å². The van der Waals surface area contributed by atoms with Gasteiger partial charge in [-0.15, -0.1) is 0 Å². The Morgan fingerprint density at radius 1 is 1.00 bits per heavy atom. The maximum atomic E-state index is 13.3. The number of aryl methyl sites for hydroxylation is 1. The van der Waals surface area contributed by atoms with Gasteiger partial charge in [0.1, 0.15) is 24.4 Å². The van der Waals surface area contributed by atoms with E-state index in [0.717, 1.165) is 34.1 Å². The first-order valence-electron chi connectivity index (χ1n) is 12.4. The number of Topliss-reactive ketones (excluding diaryl/α,β-unsaturated/α-hetero) is 1. The lowest BCUT2D eigenvalue weighted by atomic mass is 9.92. The number of nitrogens with two attached hydrogens (primary N) is 1. The largest absolute Gasteiger partial charge is 0.496 e. The zero-order valence-corrected chi connectivity index (χ0v) is 21.2. The molecule has 8 heteroatoms. The van der Waals surface area contributed by atoms with Crippen LogP contribution in [0.5, 0.6) is 11.5 Å². The van der Waals surface area contributed by atoms with Gasteiger partial charge in [-0.2, -0.15) is 0 Å². The van der Waals surface area contributed by atoms with Gasteiger partial charge in [0, 0.05) is 29.1 Å². The van der Waals surface area contributed by atoms with Crippen LogP contribution < -0.4 is 20.5 Å². The molecule has 3 aromatic carbocycles. The molecular formula is C30H31N3O5. The van der Waals surface area contributed by atoms with E-state index in [1.807, 2.05) is 54.7 Å². The van der Waals surface area contributed by atoms with Gasteiger partial charge in [-0.05, 0) is 60.4 Å². The summed E-state index contributed by atoms with van der Waals surface area (Å²) in [5, 5.41) is 3.81. The van der Waals surface area contributed by atoms with E-state index in [4.69, 9.17) is 15.2 Å². The fourth-order valence-corrected chi connectivity index (χ4v) is 4.40. The average molecular weight is 514 g/mol. The van der Waals surface area contributed by atoms with Crippen molar-refractivity contribution in [1.82, 2.24) is 10.3 Å². The van der Waals surface area contributed by atoms with Gasteiger partial charge in [-0.1, -0.05) is 36.4 Å². The lowest BCUT2D eigenvalue weighted by Gasteiger charge is -2.24. The third kappa shape index (κ3) is 6.66. The zero-order valence-electron chi connectivity index (χ0n) is 21.2. The highest BCUT2D eigenvalue weighted by molar-refractivity contribution is 5.87. The summed E-state index contributed by atoms with van der Waals surface area (Å²) in [6.07, 6.45) is 2.68. The summed E-state index contributed by atoms with van der Waals surface area (Å²) >= 11 is 0. The van der Waals surface area contributed by atoms with Crippen molar-refractivity contribution >= 4 is 28.9 Å². The Morgan fingerprint density at radius 2 is 1.74 bits per heavy atom. The van der Waals surface area contributed by atoms with Gasteiger partial charge in [-0.25, -0.2) is 0 Å². The summed E-state index contributed by atoms with van der Waals surface area (Å²) in [5.41, 5.74) is 9.74. The molecule has 4 rings (SSSR count). The number of methoxy groups -OCH3 is 1. The van der Waals surface area contributed by atoms with Crippen molar-refractivity contribution in [2.75, 3.05) is 13.7 Å². The topological polar surface area (TPSA) is 124 Å². The van der Waals surface area contributed by atoms with Gasteiger partial charge < -0.3 is 25.5 Å². The minimum absolute atomic E-state index is 0.196. The van der Waals surface area contributed by atoms with Crippen molar-refractivity contribution in [3.05, 3.63) is 95.7 Å². The highest BCUT2D eigenvalue weighted by Gasteiger charge is 2.28. The molecule has 1 amide bonds. The van der Waals surface area contributed by atoms with Crippen LogP contribution in [0.15, 0.2) is 79.0 Å². The molecule has 0 aliphatic rings. The number of rotatable bonds is 13. The predicted molar refractivity (Wildman–Crippen MR) is 145 cm³/mol. The molecule has 0 radical (unpaired) electrons. The maximum absolute atomic E-state index is 13.3. The van der Waals surface area contributed by atoms with Crippen LogP contribution in [-0.4, -0.2) is 42.8 Å². The second-order valence-electron chi connectivity index (χ2n) is 9.02. The Bertz CT molecular complexity index is 1400. The van der Waals surface area contributed by atoms with Crippen LogP contribution in [0.2, 0.25) is 0 Å². The molecule has 0 saturated carbocycles. The van der Waals surface area contributed by atoms with Crippen LogP contribution in [0.25, 0.3) is 10.9 Å². The standard InChI is InChI=1S/C30H31N3O5/c1-37-28-9-5-2-6-21(28)12-15-29(36)33-30(31)25(16-22-17-32-26-8-4-3-7-24(22)26)27(35)19-38-23-13-10-20(18-34)11-14-23/h2-11,13-14,17-18,25,30,32H,12,15-16,19,31H2,1H3,(H,33,36). The molecule has 4 aromatic rings. The minimum atomic E-state index is -0.914.